The first-order valence-electron chi connectivity index (χ1n) is 14.5. The lowest BCUT2D eigenvalue weighted by Crippen LogP contribution is -2.13. The molecule has 0 saturated heterocycles. The summed E-state index contributed by atoms with van der Waals surface area (Å²) in [6.07, 6.45) is 26.5. The zero-order valence-electron chi connectivity index (χ0n) is 22.9. The van der Waals surface area contributed by atoms with Crippen molar-refractivity contribution in [3.8, 4) is 0 Å². The summed E-state index contributed by atoms with van der Waals surface area (Å²) in [5.74, 6) is -2.82. The normalized spacial score (nSPS) is 11.5. The Balaban J connectivity index is 0. The van der Waals surface area contributed by atoms with Crippen LogP contribution in [0.15, 0.2) is 0 Å². The van der Waals surface area contributed by atoms with Crippen molar-refractivity contribution in [3.63, 3.8) is 0 Å². The van der Waals surface area contributed by atoms with Gasteiger partial charge >= 0.3 is 17.9 Å². The Morgan fingerprint density at radius 2 is 0.714 bits per heavy atom. The molecule has 0 aromatic rings. The highest BCUT2D eigenvalue weighted by atomic mass is 16.4. The molecule has 0 aliphatic carbocycles. The van der Waals surface area contributed by atoms with Gasteiger partial charge in [-0.05, 0) is 12.8 Å². The standard InChI is InChI=1S/C25H50O2.C4H6O4/c1-3-5-7-8-9-10-11-12-13-14-15-16-17-18-19-21-23-24(25(26)27)22-20-6-4-2;5-3(6)1-2-4(7)8/h24H,3-23H2,1-2H3,(H,26,27);1-2H2,(H,5,6)(H,7,8). The maximum absolute atomic E-state index is 11.3. The molecule has 0 amide bonds. The van der Waals surface area contributed by atoms with Crippen LogP contribution in [-0.4, -0.2) is 33.2 Å². The third-order valence-electron chi connectivity index (χ3n) is 6.46. The molecule has 0 aliphatic heterocycles. The highest BCUT2D eigenvalue weighted by Crippen LogP contribution is 2.19. The first-order chi connectivity index (χ1) is 16.8. The minimum Gasteiger partial charge on any atom is -0.481 e. The zero-order valence-corrected chi connectivity index (χ0v) is 22.9. The van der Waals surface area contributed by atoms with Crippen LogP contribution in [0.3, 0.4) is 0 Å². The molecule has 0 rings (SSSR count). The van der Waals surface area contributed by atoms with Crippen molar-refractivity contribution < 1.29 is 29.7 Å². The van der Waals surface area contributed by atoms with Gasteiger partial charge in [-0.25, -0.2) is 0 Å². The second-order valence-electron chi connectivity index (χ2n) is 9.91. The van der Waals surface area contributed by atoms with E-state index in [0.29, 0.717) is 0 Å². The number of aliphatic carboxylic acids is 3. The molecular weight excluding hydrogens is 444 g/mol. The van der Waals surface area contributed by atoms with Crippen LogP contribution in [0.4, 0.5) is 0 Å². The zero-order chi connectivity index (χ0) is 26.6. The van der Waals surface area contributed by atoms with Gasteiger partial charge in [-0.1, -0.05) is 136 Å². The van der Waals surface area contributed by atoms with Gasteiger partial charge in [0.05, 0.1) is 18.8 Å². The smallest absolute Gasteiger partial charge is 0.306 e. The van der Waals surface area contributed by atoms with Crippen LogP contribution in [0.25, 0.3) is 0 Å². The summed E-state index contributed by atoms with van der Waals surface area (Å²) < 4.78 is 0. The van der Waals surface area contributed by atoms with Crippen LogP contribution in [0.5, 0.6) is 0 Å². The summed E-state index contributed by atoms with van der Waals surface area (Å²) in [6.45, 7) is 4.45. The van der Waals surface area contributed by atoms with Gasteiger partial charge in [0.25, 0.3) is 0 Å². The maximum Gasteiger partial charge on any atom is 0.306 e. The van der Waals surface area contributed by atoms with E-state index >= 15 is 0 Å². The molecular formula is C29H56O6. The molecule has 208 valence electrons. The number of hydrogen-bond donors (Lipinski definition) is 3. The maximum atomic E-state index is 11.3. The fourth-order valence-electron chi connectivity index (χ4n) is 4.18. The van der Waals surface area contributed by atoms with Crippen LogP contribution < -0.4 is 0 Å². The van der Waals surface area contributed by atoms with Gasteiger partial charge in [0.2, 0.25) is 0 Å². The molecule has 35 heavy (non-hydrogen) atoms. The van der Waals surface area contributed by atoms with E-state index in [9.17, 15) is 19.5 Å². The van der Waals surface area contributed by atoms with Crippen LogP contribution in [-0.2, 0) is 14.4 Å². The average molecular weight is 501 g/mol. The Bertz CT molecular complexity index is 478. The molecule has 0 radical (unpaired) electrons. The van der Waals surface area contributed by atoms with Crippen molar-refractivity contribution in [1.29, 1.82) is 0 Å². The van der Waals surface area contributed by atoms with Gasteiger partial charge in [0, 0.05) is 0 Å². The molecule has 0 heterocycles. The number of carboxylic acids is 3. The number of unbranched alkanes of at least 4 members (excludes halogenated alkanes) is 17. The fraction of sp³-hybridized carbons (Fsp3) is 0.897. The van der Waals surface area contributed by atoms with Crippen LogP contribution in [0, 0.1) is 5.92 Å². The summed E-state index contributed by atoms with van der Waals surface area (Å²) in [4.78, 5) is 30.6. The monoisotopic (exact) mass is 500 g/mol. The third-order valence-corrected chi connectivity index (χ3v) is 6.46. The largest absolute Gasteiger partial charge is 0.481 e. The molecule has 0 aromatic heterocycles. The van der Waals surface area contributed by atoms with Gasteiger partial charge in [-0.15, -0.1) is 0 Å². The highest BCUT2D eigenvalue weighted by Gasteiger charge is 2.15. The molecule has 0 aliphatic rings. The van der Waals surface area contributed by atoms with Crippen molar-refractivity contribution in [2.45, 2.75) is 162 Å². The third kappa shape index (κ3) is 32.4. The average Bonchev–Trinajstić information content (AvgIpc) is 2.81. The summed E-state index contributed by atoms with van der Waals surface area (Å²) in [5.41, 5.74) is 0. The first kappa shape index (κ1) is 35.6. The van der Waals surface area contributed by atoms with E-state index in [1.807, 2.05) is 0 Å². The van der Waals surface area contributed by atoms with Gasteiger partial charge < -0.3 is 15.3 Å². The summed E-state index contributed by atoms with van der Waals surface area (Å²) in [5, 5.41) is 25.1. The second-order valence-corrected chi connectivity index (χ2v) is 9.91. The van der Waals surface area contributed by atoms with Crippen molar-refractivity contribution in [3.05, 3.63) is 0 Å². The molecule has 1 unspecified atom stereocenters. The van der Waals surface area contributed by atoms with Gasteiger partial charge in [-0.3, -0.25) is 14.4 Å². The minimum absolute atomic E-state index is 0.0943. The van der Waals surface area contributed by atoms with E-state index in [0.717, 1.165) is 25.7 Å². The van der Waals surface area contributed by atoms with Crippen LogP contribution in [0.1, 0.15) is 162 Å². The quantitative estimate of drug-likeness (QED) is 0.108. The van der Waals surface area contributed by atoms with Crippen molar-refractivity contribution >= 4 is 17.9 Å². The SMILES string of the molecule is CCCCCCCCCCCCCCCCCCC(CCCCC)C(=O)O.O=C(O)CCC(=O)O. The number of rotatable bonds is 25. The molecule has 0 saturated carbocycles. The molecule has 0 fully saturated rings. The highest BCUT2D eigenvalue weighted by molar-refractivity contribution is 5.75. The predicted molar refractivity (Wildman–Crippen MR) is 144 cm³/mol. The number of carbonyl (C=O) groups is 3. The van der Waals surface area contributed by atoms with E-state index in [4.69, 9.17) is 10.2 Å². The fourth-order valence-corrected chi connectivity index (χ4v) is 4.18. The van der Waals surface area contributed by atoms with E-state index in [1.54, 1.807) is 0 Å². The molecule has 6 heteroatoms. The van der Waals surface area contributed by atoms with Crippen LogP contribution in [0.2, 0.25) is 0 Å². The minimum atomic E-state index is -1.08. The van der Waals surface area contributed by atoms with Gasteiger partial charge in [0.15, 0.2) is 0 Å². The van der Waals surface area contributed by atoms with Gasteiger partial charge in [0.1, 0.15) is 0 Å². The Morgan fingerprint density at radius 1 is 0.457 bits per heavy atom. The molecule has 1 atom stereocenters. The lowest BCUT2D eigenvalue weighted by atomic mass is 9.94. The Morgan fingerprint density at radius 3 is 1.00 bits per heavy atom. The number of hydrogen-bond acceptors (Lipinski definition) is 3. The van der Waals surface area contributed by atoms with Crippen molar-refractivity contribution in [1.82, 2.24) is 0 Å². The molecule has 3 N–H and O–H groups in total. The van der Waals surface area contributed by atoms with Crippen molar-refractivity contribution in [2.24, 2.45) is 5.92 Å². The van der Waals surface area contributed by atoms with Gasteiger partial charge in [-0.2, -0.15) is 0 Å². The van der Waals surface area contributed by atoms with E-state index in [-0.39, 0.29) is 18.8 Å². The second kappa shape index (κ2) is 28.6. The Hall–Kier alpha value is -1.59. The number of carboxylic acid groups (broad SMARTS) is 3. The summed E-state index contributed by atoms with van der Waals surface area (Å²) in [6, 6.07) is 0. The molecule has 0 aromatic carbocycles. The molecule has 6 nitrogen and oxygen atoms in total. The molecule has 0 bridgehead atoms. The predicted octanol–water partition coefficient (Wildman–Crippen LogP) is 8.85. The van der Waals surface area contributed by atoms with E-state index in [2.05, 4.69) is 13.8 Å². The Kier molecular flexibility index (Phi) is 29.1. The lowest BCUT2D eigenvalue weighted by molar-refractivity contribution is -0.143. The summed E-state index contributed by atoms with van der Waals surface area (Å²) in [7, 11) is 0. The molecule has 0 spiro atoms. The topological polar surface area (TPSA) is 112 Å². The lowest BCUT2D eigenvalue weighted by Gasteiger charge is -2.11. The van der Waals surface area contributed by atoms with Crippen LogP contribution >= 0.6 is 0 Å². The van der Waals surface area contributed by atoms with E-state index in [1.165, 1.54) is 109 Å². The van der Waals surface area contributed by atoms with Crippen molar-refractivity contribution in [2.75, 3.05) is 0 Å². The summed E-state index contributed by atoms with van der Waals surface area (Å²) >= 11 is 0. The van der Waals surface area contributed by atoms with E-state index < -0.39 is 17.9 Å². The first-order valence-corrected chi connectivity index (χ1v) is 14.5. The Labute approximate surface area is 215 Å².